The van der Waals surface area contributed by atoms with E-state index in [-0.39, 0.29) is 12.1 Å². The average Bonchev–Trinajstić information content (AvgIpc) is 3.41. The maximum absolute atomic E-state index is 6.72. The molecule has 0 aromatic carbocycles. The first kappa shape index (κ1) is 18.4. The monoisotopic (exact) mass is 414 g/mol. The fraction of sp³-hybridized carbons (Fsp3) is 0.474. The molecule has 0 radical (unpaired) electrons. The lowest BCUT2D eigenvalue weighted by molar-refractivity contribution is 0.0328. The van der Waals surface area contributed by atoms with Crippen molar-refractivity contribution in [3.63, 3.8) is 0 Å². The summed E-state index contributed by atoms with van der Waals surface area (Å²) in [6, 6.07) is 3.96. The fourth-order valence-corrected chi connectivity index (χ4v) is 4.39. The van der Waals surface area contributed by atoms with Crippen LogP contribution in [0, 0.1) is 6.92 Å². The number of morpholine rings is 1. The second-order valence-corrected chi connectivity index (χ2v) is 8.01. The zero-order valence-corrected chi connectivity index (χ0v) is 17.3. The lowest BCUT2D eigenvalue weighted by Gasteiger charge is -2.38. The van der Waals surface area contributed by atoms with E-state index < -0.39 is 5.50 Å². The number of amidine groups is 2. The van der Waals surface area contributed by atoms with Gasteiger partial charge in [0.1, 0.15) is 17.6 Å². The number of fused-ring (bicyclic) bond motifs is 1. The van der Waals surface area contributed by atoms with Gasteiger partial charge in [-0.05, 0) is 32.1 Å². The molecule has 152 valence electrons. The molecule has 0 spiro atoms. The van der Waals surface area contributed by atoms with Gasteiger partial charge >= 0.3 is 0 Å². The van der Waals surface area contributed by atoms with Crippen LogP contribution in [0.15, 0.2) is 34.5 Å². The van der Waals surface area contributed by atoms with Gasteiger partial charge in [-0.25, -0.2) is 10.0 Å². The van der Waals surface area contributed by atoms with Crippen LogP contribution in [0.3, 0.4) is 0 Å². The Morgan fingerprint density at radius 2 is 2.21 bits per heavy atom. The Labute approximate surface area is 173 Å². The van der Waals surface area contributed by atoms with E-state index in [1.165, 1.54) is 0 Å². The Hall–Kier alpha value is -2.65. The zero-order valence-electron chi connectivity index (χ0n) is 16.6. The zero-order chi connectivity index (χ0) is 20.1. The second kappa shape index (κ2) is 7.00. The van der Waals surface area contributed by atoms with Crippen molar-refractivity contribution < 1.29 is 4.74 Å². The van der Waals surface area contributed by atoms with E-state index in [1.807, 2.05) is 35.8 Å². The van der Waals surface area contributed by atoms with Crippen LogP contribution in [0.5, 0.6) is 0 Å². The summed E-state index contributed by atoms with van der Waals surface area (Å²) in [5, 5.41) is 18.6. The predicted molar refractivity (Wildman–Crippen MR) is 111 cm³/mol. The maximum atomic E-state index is 6.72. The molecule has 10 heteroatoms. The largest absolute Gasteiger partial charge is 0.377 e. The summed E-state index contributed by atoms with van der Waals surface area (Å²) in [5.74, 6) is 1.55. The minimum Gasteiger partial charge on any atom is -0.377 e. The van der Waals surface area contributed by atoms with Gasteiger partial charge in [0.2, 0.25) is 0 Å². The second-order valence-electron chi connectivity index (χ2n) is 7.57. The van der Waals surface area contributed by atoms with Gasteiger partial charge in [-0.3, -0.25) is 9.78 Å². The summed E-state index contributed by atoms with van der Waals surface area (Å²) < 4.78 is 7.47. The molecule has 3 atom stereocenters. The van der Waals surface area contributed by atoms with E-state index in [0.717, 1.165) is 35.0 Å². The SMILES string of the molecule is Cc1cc(C2=NC(Cl)C3C(c4ccnn4C)=CC(N4CCOC[C@H]4C)=NN23)n[nH]1. The summed E-state index contributed by atoms with van der Waals surface area (Å²) in [6.07, 6.45) is 3.91. The molecular formula is C19H23ClN8O. The number of nitrogens with zero attached hydrogens (tertiary/aromatic N) is 7. The molecule has 5 rings (SSSR count). The molecule has 0 saturated carbocycles. The topological polar surface area (TPSA) is 86.9 Å². The molecule has 0 bridgehead atoms. The molecule has 5 heterocycles. The lowest BCUT2D eigenvalue weighted by atomic mass is 10.0. The normalized spacial score (nSPS) is 26.9. The Balaban J connectivity index is 1.61. The van der Waals surface area contributed by atoms with E-state index in [4.69, 9.17) is 26.4 Å². The fourth-order valence-electron chi connectivity index (χ4n) is 4.05. The molecule has 2 unspecified atom stereocenters. The molecule has 3 aliphatic heterocycles. The Bertz CT molecular complexity index is 1020. The number of hydrazone groups is 1. The van der Waals surface area contributed by atoms with Gasteiger partial charge in [-0.1, -0.05) is 11.6 Å². The van der Waals surface area contributed by atoms with Crippen molar-refractivity contribution >= 4 is 28.8 Å². The molecule has 1 saturated heterocycles. The minimum atomic E-state index is -0.476. The number of rotatable bonds is 2. The van der Waals surface area contributed by atoms with Gasteiger partial charge in [-0.15, -0.1) is 0 Å². The van der Waals surface area contributed by atoms with Gasteiger partial charge in [-0.2, -0.15) is 15.3 Å². The van der Waals surface area contributed by atoms with E-state index in [1.54, 1.807) is 6.20 Å². The molecule has 3 aliphatic rings. The van der Waals surface area contributed by atoms with Crippen LogP contribution in [0.2, 0.25) is 0 Å². The molecule has 9 nitrogen and oxygen atoms in total. The van der Waals surface area contributed by atoms with Gasteiger partial charge in [0.15, 0.2) is 11.3 Å². The van der Waals surface area contributed by atoms with Gasteiger partial charge in [0, 0.05) is 31.1 Å². The van der Waals surface area contributed by atoms with Gasteiger partial charge < -0.3 is 9.64 Å². The van der Waals surface area contributed by atoms with Crippen molar-refractivity contribution in [1.29, 1.82) is 0 Å². The predicted octanol–water partition coefficient (Wildman–Crippen LogP) is 1.58. The van der Waals surface area contributed by atoms with Crippen LogP contribution < -0.4 is 0 Å². The number of alkyl halides is 1. The van der Waals surface area contributed by atoms with Crippen LogP contribution in [0.1, 0.15) is 24.0 Å². The highest BCUT2D eigenvalue weighted by Gasteiger charge is 2.43. The first-order valence-electron chi connectivity index (χ1n) is 9.69. The highest BCUT2D eigenvalue weighted by molar-refractivity contribution is 6.24. The summed E-state index contributed by atoms with van der Waals surface area (Å²) in [6.45, 7) is 6.25. The Kier molecular flexibility index (Phi) is 4.44. The Morgan fingerprint density at radius 3 is 2.90 bits per heavy atom. The van der Waals surface area contributed by atoms with Crippen LogP contribution in [-0.4, -0.2) is 78.9 Å². The summed E-state index contributed by atoms with van der Waals surface area (Å²) in [4.78, 5) is 6.98. The molecule has 0 aliphatic carbocycles. The van der Waals surface area contributed by atoms with Crippen LogP contribution in [0.25, 0.3) is 5.57 Å². The number of H-pyrrole nitrogens is 1. The molecule has 2 aromatic heterocycles. The number of aromatic amines is 1. The Morgan fingerprint density at radius 1 is 1.34 bits per heavy atom. The third-order valence-electron chi connectivity index (χ3n) is 5.51. The number of hydrogen-bond acceptors (Lipinski definition) is 7. The van der Waals surface area contributed by atoms with Crippen LogP contribution in [0.4, 0.5) is 0 Å². The summed E-state index contributed by atoms with van der Waals surface area (Å²) in [5.41, 5.74) is 3.26. The molecule has 0 amide bonds. The average molecular weight is 415 g/mol. The van der Waals surface area contributed by atoms with Crippen molar-refractivity contribution in [3.8, 4) is 0 Å². The number of aryl methyl sites for hydroxylation is 2. The molecule has 1 N–H and O–H groups in total. The third kappa shape index (κ3) is 3.05. The number of hydrogen-bond donors (Lipinski definition) is 1. The summed E-state index contributed by atoms with van der Waals surface area (Å²) >= 11 is 6.72. The van der Waals surface area contributed by atoms with Gasteiger partial charge in [0.25, 0.3) is 0 Å². The number of ether oxygens (including phenoxy) is 1. The number of halogens is 1. The number of aromatic nitrogens is 4. The van der Waals surface area contributed by atoms with Crippen molar-refractivity contribution in [3.05, 3.63) is 41.5 Å². The lowest BCUT2D eigenvalue weighted by Crippen LogP contribution is -2.50. The van der Waals surface area contributed by atoms with Gasteiger partial charge in [0.05, 0.1) is 24.9 Å². The van der Waals surface area contributed by atoms with Crippen molar-refractivity contribution in [2.24, 2.45) is 17.1 Å². The number of nitrogens with one attached hydrogen (secondary N) is 1. The van der Waals surface area contributed by atoms with Crippen molar-refractivity contribution in [2.45, 2.75) is 31.4 Å². The van der Waals surface area contributed by atoms with Crippen LogP contribution in [-0.2, 0) is 11.8 Å². The van der Waals surface area contributed by atoms with Crippen molar-refractivity contribution in [1.82, 2.24) is 29.9 Å². The van der Waals surface area contributed by atoms with E-state index in [2.05, 4.69) is 33.2 Å². The highest BCUT2D eigenvalue weighted by Crippen LogP contribution is 2.37. The molecule has 1 fully saturated rings. The standard InChI is InChI=1S/C19H23ClN8O/c1-11-8-14(24-23-11)19-22-18(20)17-13(15-4-5-21-26(15)3)9-16(25-28(17)19)27-6-7-29-10-12(27)2/h4-5,8-9,12,17-18H,6-7,10H2,1-3H3,(H,23,24)/t12-,17?,18?/m1/s1. The first-order chi connectivity index (χ1) is 14.0. The molecular weight excluding hydrogens is 392 g/mol. The maximum Gasteiger partial charge on any atom is 0.174 e. The van der Waals surface area contributed by atoms with Crippen molar-refractivity contribution in [2.75, 3.05) is 19.8 Å². The third-order valence-corrected chi connectivity index (χ3v) is 5.85. The number of aliphatic imine (C=N–C) groups is 1. The van der Waals surface area contributed by atoms with E-state index >= 15 is 0 Å². The van der Waals surface area contributed by atoms with E-state index in [0.29, 0.717) is 19.0 Å². The smallest absolute Gasteiger partial charge is 0.174 e. The quantitative estimate of drug-likeness (QED) is 0.595. The summed E-state index contributed by atoms with van der Waals surface area (Å²) in [7, 11) is 1.93. The minimum absolute atomic E-state index is 0.223. The first-order valence-corrected chi connectivity index (χ1v) is 10.1. The molecule has 29 heavy (non-hydrogen) atoms. The van der Waals surface area contributed by atoms with Crippen LogP contribution >= 0.6 is 11.6 Å². The van der Waals surface area contributed by atoms with E-state index in [9.17, 15) is 0 Å². The highest BCUT2D eigenvalue weighted by atomic mass is 35.5. The molecule has 2 aromatic rings.